The van der Waals surface area contributed by atoms with Crippen molar-refractivity contribution >= 4 is 34.4 Å². The molecule has 1 atom stereocenters. The third-order valence-electron chi connectivity index (χ3n) is 7.13. The number of nitrogens with one attached hydrogen (secondary N) is 1. The number of carboxylic acids is 1. The van der Waals surface area contributed by atoms with Gasteiger partial charge in [0, 0.05) is 29.9 Å². The number of rotatable bonds is 4. The quantitative estimate of drug-likeness (QED) is 0.543. The number of carboxylic acid groups (broad SMARTS) is 1. The first-order chi connectivity index (χ1) is 15.8. The number of imidazole rings is 1. The number of ether oxygens (including phenoxy) is 1. The Labute approximate surface area is 198 Å². The number of H-pyrrole nitrogens is 1. The number of aromatic nitrogens is 3. The summed E-state index contributed by atoms with van der Waals surface area (Å²) in [6.45, 7) is 6.28. The van der Waals surface area contributed by atoms with Gasteiger partial charge in [0.05, 0.1) is 29.2 Å². The van der Waals surface area contributed by atoms with Gasteiger partial charge in [-0.25, -0.2) is 9.97 Å². The van der Waals surface area contributed by atoms with Crippen molar-refractivity contribution in [3.05, 3.63) is 41.0 Å². The Morgan fingerprint density at radius 2 is 2.06 bits per heavy atom. The van der Waals surface area contributed by atoms with Crippen LogP contribution in [0.1, 0.15) is 51.0 Å². The fourth-order valence-electron chi connectivity index (χ4n) is 4.94. The van der Waals surface area contributed by atoms with E-state index in [1.807, 2.05) is 24.4 Å². The normalized spacial score (nSPS) is 20.6. The molecule has 5 rings (SSSR count). The van der Waals surface area contributed by atoms with Crippen molar-refractivity contribution in [2.75, 3.05) is 24.6 Å². The number of pyridine rings is 1. The molecular weight excluding hydrogens is 440 g/mol. The Morgan fingerprint density at radius 3 is 2.67 bits per heavy atom. The van der Waals surface area contributed by atoms with E-state index in [4.69, 9.17) is 26.3 Å². The molecule has 2 fully saturated rings. The molecule has 1 unspecified atom stereocenters. The SMILES string of the molecule is CC(C)c1cc2[nH]c(-c3ccc(N4CCC5(CCC(C(=O)O)CO5)CC4)nc3)nc2cc1Cl. The highest BCUT2D eigenvalue weighted by Gasteiger charge is 2.41. The maximum Gasteiger partial charge on any atom is 0.308 e. The maximum absolute atomic E-state index is 11.2. The van der Waals surface area contributed by atoms with Crippen molar-refractivity contribution < 1.29 is 14.6 Å². The number of carbonyl (C=O) groups is 1. The first kappa shape index (κ1) is 22.2. The molecule has 2 aliphatic rings. The minimum Gasteiger partial charge on any atom is -0.481 e. The number of nitrogens with zero attached hydrogens (tertiary/aromatic N) is 3. The lowest BCUT2D eigenvalue weighted by atomic mass is 9.82. The van der Waals surface area contributed by atoms with Crippen molar-refractivity contribution in [1.82, 2.24) is 15.0 Å². The highest BCUT2D eigenvalue weighted by Crippen LogP contribution is 2.38. The summed E-state index contributed by atoms with van der Waals surface area (Å²) in [6, 6.07) is 8.08. The molecule has 1 spiro atoms. The van der Waals surface area contributed by atoms with Crippen molar-refractivity contribution in [3.63, 3.8) is 0 Å². The molecule has 0 aliphatic carbocycles. The Morgan fingerprint density at radius 1 is 1.27 bits per heavy atom. The van der Waals surface area contributed by atoms with Crippen molar-refractivity contribution in [1.29, 1.82) is 0 Å². The van der Waals surface area contributed by atoms with Gasteiger partial charge in [-0.3, -0.25) is 4.79 Å². The summed E-state index contributed by atoms with van der Waals surface area (Å²) in [5.41, 5.74) is 3.69. The molecule has 33 heavy (non-hydrogen) atoms. The molecule has 3 aromatic rings. The lowest BCUT2D eigenvalue weighted by molar-refractivity contribution is -0.158. The molecule has 0 amide bonds. The molecule has 0 saturated carbocycles. The van der Waals surface area contributed by atoms with Gasteiger partial charge in [0.1, 0.15) is 11.6 Å². The first-order valence-corrected chi connectivity index (χ1v) is 12.0. The molecule has 0 radical (unpaired) electrons. The summed E-state index contributed by atoms with van der Waals surface area (Å²) in [4.78, 5) is 26.3. The number of anilines is 1. The average Bonchev–Trinajstić information content (AvgIpc) is 3.22. The maximum atomic E-state index is 11.2. The van der Waals surface area contributed by atoms with E-state index >= 15 is 0 Å². The molecular formula is C25H29ClN4O3. The second-order valence-corrected chi connectivity index (χ2v) is 10.00. The number of aliphatic carboxylic acids is 1. The van der Waals surface area contributed by atoms with Crippen molar-refractivity contribution in [2.24, 2.45) is 5.92 Å². The fraction of sp³-hybridized carbons (Fsp3) is 0.480. The molecule has 7 nitrogen and oxygen atoms in total. The van der Waals surface area contributed by atoms with E-state index in [-0.39, 0.29) is 11.5 Å². The van der Waals surface area contributed by atoms with Crippen molar-refractivity contribution in [3.8, 4) is 11.4 Å². The minimum absolute atomic E-state index is 0.174. The van der Waals surface area contributed by atoms with Crippen LogP contribution in [0, 0.1) is 5.92 Å². The number of aromatic amines is 1. The van der Waals surface area contributed by atoms with Gasteiger partial charge in [0.25, 0.3) is 0 Å². The standard InChI is InChI=1S/C25H29ClN4O3/c1-15(2)18-11-20-21(12-19(18)26)29-23(28-20)16-3-4-22(27-13-16)30-9-7-25(8-10-30)6-5-17(14-33-25)24(31)32/h3-4,11-13,15,17H,5-10,14H2,1-2H3,(H,28,29)(H,31,32). The van der Waals surface area contributed by atoms with Gasteiger partial charge in [-0.15, -0.1) is 0 Å². The van der Waals surface area contributed by atoms with Gasteiger partial charge in [0.15, 0.2) is 0 Å². The predicted octanol–water partition coefficient (Wildman–Crippen LogP) is 5.25. The van der Waals surface area contributed by atoms with Crippen LogP contribution in [0.3, 0.4) is 0 Å². The van der Waals surface area contributed by atoms with Gasteiger partial charge in [0.2, 0.25) is 0 Å². The summed E-state index contributed by atoms with van der Waals surface area (Å²) in [5, 5.41) is 9.94. The molecule has 174 valence electrons. The van der Waals surface area contributed by atoms with Crippen LogP contribution >= 0.6 is 11.6 Å². The van der Waals surface area contributed by atoms with Crippen LogP contribution in [0.15, 0.2) is 30.5 Å². The van der Waals surface area contributed by atoms with Gasteiger partial charge < -0.3 is 19.7 Å². The molecule has 1 aromatic carbocycles. The summed E-state index contributed by atoms with van der Waals surface area (Å²) in [7, 11) is 0. The number of fused-ring (bicyclic) bond motifs is 1. The van der Waals surface area contributed by atoms with Crippen LogP contribution < -0.4 is 4.90 Å². The van der Waals surface area contributed by atoms with Crippen LogP contribution in [0.25, 0.3) is 22.4 Å². The highest BCUT2D eigenvalue weighted by molar-refractivity contribution is 6.32. The van der Waals surface area contributed by atoms with Crippen LogP contribution in [0.2, 0.25) is 5.02 Å². The number of benzene rings is 1. The summed E-state index contributed by atoms with van der Waals surface area (Å²) < 4.78 is 6.05. The zero-order chi connectivity index (χ0) is 23.2. The van der Waals surface area contributed by atoms with Crippen LogP contribution in [-0.2, 0) is 9.53 Å². The Kier molecular flexibility index (Phi) is 5.79. The first-order valence-electron chi connectivity index (χ1n) is 11.6. The fourth-order valence-corrected chi connectivity index (χ4v) is 5.32. The Hall–Kier alpha value is -2.64. The molecule has 0 bridgehead atoms. The van der Waals surface area contributed by atoms with Crippen LogP contribution in [-0.4, -0.2) is 51.3 Å². The van der Waals surface area contributed by atoms with E-state index < -0.39 is 5.97 Å². The zero-order valence-electron chi connectivity index (χ0n) is 19.0. The second kappa shape index (κ2) is 8.61. The zero-order valence-corrected chi connectivity index (χ0v) is 19.7. The lowest BCUT2D eigenvalue weighted by Gasteiger charge is -2.45. The third kappa shape index (κ3) is 4.32. The van der Waals surface area contributed by atoms with E-state index in [0.29, 0.717) is 18.9 Å². The molecule has 8 heteroatoms. The van der Waals surface area contributed by atoms with E-state index in [1.54, 1.807) is 0 Å². The molecule has 2 saturated heterocycles. The summed E-state index contributed by atoms with van der Waals surface area (Å²) in [5.74, 6) is 0.945. The number of hydrogen-bond acceptors (Lipinski definition) is 5. The minimum atomic E-state index is -0.750. The molecule has 2 aromatic heterocycles. The van der Waals surface area contributed by atoms with Gasteiger partial charge >= 0.3 is 5.97 Å². The third-order valence-corrected chi connectivity index (χ3v) is 7.46. The van der Waals surface area contributed by atoms with Gasteiger partial charge in [-0.05, 0) is 61.4 Å². The van der Waals surface area contributed by atoms with Crippen LogP contribution in [0.5, 0.6) is 0 Å². The van der Waals surface area contributed by atoms with E-state index in [9.17, 15) is 9.90 Å². The summed E-state index contributed by atoms with van der Waals surface area (Å²) in [6.07, 6.45) is 5.16. The van der Waals surface area contributed by atoms with E-state index in [2.05, 4.69) is 29.8 Å². The highest BCUT2D eigenvalue weighted by atomic mass is 35.5. The van der Waals surface area contributed by atoms with Crippen molar-refractivity contribution in [2.45, 2.75) is 51.0 Å². The summed E-state index contributed by atoms with van der Waals surface area (Å²) >= 11 is 6.43. The molecule has 2 N–H and O–H groups in total. The average molecular weight is 469 g/mol. The van der Waals surface area contributed by atoms with Gasteiger partial charge in [-0.2, -0.15) is 0 Å². The Balaban J connectivity index is 1.26. The monoisotopic (exact) mass is 468 g/mol. The number of hydrogen-bond donors (Lipinski definition) is 2. The number of piperidine rings is 1. The van der Waals surface area contributed by atoms with Crippen LogP contribution in [0.4, 0.5) is 5.82 Å². The number of halogens is 1. The smallest absolute Gasteiger partial charge is 0.308 e. The van der Waals surface area contributed by atoms with Gasteiger partial charge in [-0.1, -0.05) is 25.4 Å². The predicted molar refractivity (Wildman–Crippen MR) is 129 cm³/mol. The largest absolute Gasteiger partial charge is 0.481 e. The molecule has 4 heterocycles. The second-order valence-electron chi connectivity index (χ2n) is 9.59. The topological polar surface area (TPSA) is 91.3 Å². The molecule has 2 aliphatic heterocycles. The lowest BCUT2D eigenvalue weighted by Crippen LogP contribution is -2.50. The van der Waals surface area contributed by atoms with E-state index in [0.717, 1.165) is 71.2 Å². The Bertz CT molecular complexity index is 1160. The van der Waals surface area contributed by atoms with E-state index in [1.165, 1.54) is 0 Å².